The molecule has 0 aromatic rings. The van der Waals surface area contributed by atoms with Crippen LogP contribution in [0.3, 0.4) is 0 Å². The van der Waals surface area contributed by atoms with E-state index in [1.54, 1.807) is 0 Å². The van der Waals surface area contributed by atoms with Crippen molar-refractivity contribution in [2.45, 2.75) is 57.9 Å². The summed E-state index contributed by atoms with van der Waals surface area (Å²) in [5.41, 5.74) is 0. The summed E-state index contributed by atoms with van der Waals surface area (Å²) in [7, 11) is 0. The standard InChI is InChI=1S/C14H26N2O/c1-2-15-13-8-10-16(11-9-13)14(17)12-6-4-3-5-7-12/h12-13,15H,2-11H2,1H3. The van der Waals surface area contributed by atoms with Gasteiger partial charge in [0.15, 0.2) is 0 Å². The van der Waals surface area contributed by atoms with Crippen molar-refractivity contribution in [2.75, 3.05) is 19.6 Å². The monoisotopic (exact) mass is 238 g/mol. The molecule has 0 bridgehead atoms. The van der Waals surface area contributed by atoms with E-state index in [4.69, 9.17) is 0 Å². The maximum atomic E-state index is 12.3. The molecule has 1 saturated carbocycles. The average Bonchev–Trinajstić information content (AvgIpc) is 2.40. The summed E-state index contributed by atoms with van der Waals surface area (Å²) in [5, 5.41) is 3.49. The fraction of sp³-hybridized carbons (Fsp3) is 0.929. The number of rotatable bonds is 3. The molecule has 17 heavy (non-hydrogen) atoms. The fourth-order valence-corrected chi connectivity index (χ4v) is 3.20. The Kier molecular flexibility index (Phi) is 4.84. The van der Waals surface area contributed by atoms with Crippen LogP contribution in [0.25, 0.3) is 0 Å². The second-order valence-corrected chi connectivity index (χ2v) is 5.49. The largest absolute Gasteiger partial charge is 0.342 e. The molecule has 3 nitrogen and oxygen atoms in total. The van der Waals surface area contributed by atoms with Gasteiger partial charge in [-0.2, -0.15) is 0 Å². The van der Waals surface area contributed by atoms with Crippen LogP contribution in [0.5, 0.6) is 0 Å². The molecule has 1 saturated heterocycles. The first-order chi connectivity index (χ1) is 8.31. The van der Waals surface area contributed by atoms with Crippen LogP contribution in [-0.2, 0) is 4.79 Å². The van der Waals surface area contributed by atoms with Gasteiger partial charge in [0.05, 0.1) is 0 Å². The number of carbonyl (C=O) groups excluding carboxylic acids is 1. The molecule has 1 amide bonds. The lowest BCUT2D eigenvalue weighted by atomic mass is 9.87. The average molecular weight is 238 g/mol. The smallest absolute Gasteiger partial charge is 0.225 e. The first kappa shape index (κ1) is 12.9. The Morgan fingerprint density at radius 3 is 2.35 bits per heavy atom. The van der Waals surface area contributed by atoms with Crippen LogP contribution in [0.15, 0.2) is 0 Å². The highest BCUT2D eigenvalue weighted by atomic mass is 16.2. The van der Waals surface area contributed by atoms with Gasteiger partial charge in [-0.15, -0.1) is 0 Å². The Morgan fingerprint density at radius 2 is 1.76 bits per heavy atom. The van der Waals surface area contributed by atoms with Gasteiger partial charge in [-0.25, -0.2) is 0 Å². The minimum atomic E-state index is 0.347. The quantitative estimate of drug-likeness (QED) is 0.817. The molecule has 2 aliphatic rings. The zero-order valence-electron chi connectivity index (χ0n) is 11.1. The highest BCUT2D eigenvalue weighted by Crippen LogP contribution is 2.26. The molecule has 2 rings (SSSR count). The molecule has 0 spiro atoms. The first-order valence-corrected chi connectivity index (χ1v) is 7.33. The molecule has 1 N–H and O–H groups in total. The number of carbonyl (C=O) groups is 1. The van der Waals surface area contributed by atoms with E-state index in [1.165, 1.54) is 19.3 Å². The normalized spacial score (nSPS) is 23.9. The number of nitrogens with zero attached hydrogens (tertiary/aromatic N) is 1. The second kappa shape index (κ2) is 6.39. The topological polar surface area (TPSA) is 32.3 Å². The predicted molar refractivity (Wildman–Crippen MR) is 69.9 cm³/mol. The minimum absolute atomic E-state index is 0.347. The van der Waals surface area contributed by atoms with Crippen LogP contribution < -0.4 is 5.32 Å². The van der Waals surface area contributed by atoms with E-state index in [2.05, 4.69) is 17.1 Å². The third kappa shape index (κ3) is 3.44. The van der Waals surface area contributed by atoms with Gasteiger partial charge in [0.2, 0.25) is 5.91 Å². The van der Waals surface area contributed by atoms with Gasteiger partial charge in [-0.05, 0) is 32.2 Å². The molecule has 1 heterocycles. The van der Waals surface area contributed by atoms with Crippen molar-refractivity contribution in [1.29, 1.82) is 0 Å². The molecule has 0 aromatic heterocycles. The molecule has 0 atom stereocenters. The molecule has 0 aromatic carbocycles. The summed E-state index contributed by atoms with van der Waals surface area (Å²) in [4.78, 5) is 14.4. The van der Waals surface area contributed by atoms with Crippen LogP contribution >= 0.6 is 0 Å². The lowest BCUT2D eigenvalue weighted by Crippen LogP contribution is -2.47. The van der Waals surface area contributed by atoms with E-state index >= 15 is 0 Å². The van der Waals surface area contributed by atoms with Crippen molar-refractivity contribution < 1.29 is 4.79 Å². The van der Waals surface area contributed by atoms with Crippen molar-refractivity contribution in [1.82, 2.24) is 10.2 Å². The Bertz CT molecular complexity index is 241. The Morgan fingerprint density at radius 1 is 1.12 bits per heavy atom. The number of hydrogen-bond acceptors (Lipinski definition) is 2. The molecular formula is C14H26N2O. The van der Waals surface area contributed by atoms with E-state index in [1.807, 2.05) is 0 Å². The number of nitrogens with one attached hydrogen (secondary N) is 1. The fourth-order valence-electron chi connectivity index (χ4n) is 3.20. The summed E-state index contributed by atoms with van der Waals surface area (Å²) in [6, 6.07) is 0.635. The molecule has 0 radical (unpaired) electrons. The van der Waals surface area contributed by atoms with E-state index < -0.39 is 0 Å². The summed E-state index contributed by atoms with van der Waals surface area (Å²) < 4.78 is 0. The first-order valence-electron chi connectivity index (χ1n) is 7.33. The van der Waals surface area contributed by atoms with Gasteiger partial charge in [0, 0.05) is 25.0 Å². The Balaban J connectivity index is 1.77. The van der Waals surface area contributed by atoms with Gasteiger partial charge in [0.1, 0.15) is 0 Å². The van der Waals surface area contributed by atoms with Gasteiger partial charge >= 0.3 is 0 Å². The van der Waals surface area contributed by atoms with Crippen molar-refractivity contribution in [3.8, 4) is 0 Å². The molecular weight excluding hydrogens is 212 g/mol. The van der Waals surface area contributed by atoms with Gasteiger partial charge in [0.25, 0.3) is 0 Å². The summed E-state index contributed by atoms with van der Waals surface area (Å²) in [6.07, 6.45) is 8.36. The van der Waals surface area contributed by atoms with Crippen molar-refractivity contribution in [3.05, 3.63) is 0 Å². The zero-order valence-corrected chi connectivity index (χ0v) is 11.1. The van der Waals surface area contributed by atoms with E-state index in [0.717, 1.165) is 45.3 Å². The highest BCUT2D eigenvalue weighted by molar-refractivity contribution is 5.79. The Hall–Kier alpha value is -0.570. The van der Waals surface area contributed by atoms with E-state index in [0.29, 0.717) is 17.9 Å². The van der Waals surface area contributed by atoms with Crippen LogP contribution in [-0.4, -0.2) is 36.5 Å². The van der Waals surface area contributed by atoms with Crippen molar-refractivity contribution >= 4 is 5.91 Å². The lowest BCUT2D eigenvalue weighted by molar-refractivity contribution is -0.137. The maximum absolute atomic E-state index is 12.3. The van der Waals surface area contributed by atoms with Crippen LogP contribution in [0.1, 0.15) is 51.9 Å². The maximum Gasteiger partial charge on any atom is 0.225 e. The number of likely N-dealkylation sites (tertiary alicyclic amines) is 1. The summed E-state index contributed by atoms with van der Waals surface area (Å²) >= 11 is 0. The highest BCUT2D eigenvalue weighted by Gasteiger charge is 2.28. The lowest BCUT2D eigenvalue weighted by Gasteiger charge is -2.35. The SMILES string of the molecule is CCNC1CCN(C(=O)C2CCCCC2)CC1. The molecule has 1 aliphatic carbocycles. The predicted octanol–water partition coefficient (Wildman–Crippen LogP) is 2.17. The summed E-state index contributed by atoms with van der Waals surface area (Å²) in [5.74, 6) is 0.791. The molecule has 0 unspecified atom stereocenters. The van der Waals surface area contributed by atoms with Crippen LogP contribution in [0, 0.1) is 5.92 Å². The summed E-state index contributed by atoms with van der Waals surface area (Å²) in [6.45, 7) is 5.13. The van der Waals surface area contributed by atoms with Gasteiger partial charge < -0.3 is 10.2 Å². The third-order valence-corrected chi connectivity index (χ3v) is 4.25. The number of amides is 1. The van der Waals surface area contributed by atoms with E-state index in [9.17, 15) is 4.79 Å². The van der Waals surface area contributed by atoms with Crippen LogP contribution in [0.4, 0.5) is 0 Å². The zero-order chi connectivity index (χ0) is 12.1. The molecule has 2 fully saturated rings. The van der Waals surface area contributed by atoms with Crippen molar-refractivity contribution in [3.63, 3.8) is 0 Å². The molecule has 3 heteroatoms. The van der Waals surface area contributed by atoms with Crippen LogP contribution in [0.2, 0.25) is 0 Å². The van der Waals surface area contributed by atoms with Gasteiger partial charge in [-0.3, -0.25) is 4.79 Å². The Labute approximate surface area is 105 Å². The molecule has 98 valence electrons. The second-order valence-electron chi connectivity index (χ2n) is 5.49. The third-order valence-electron chi connectivity index (χ3n) is 4.25. The number of hydrogen-bond donors (Lipinski definition) is 1. The van der Waals surface area contributed by atoms with Crippen molar-refractivity contribution in [2.24, 2.45) is 5.92 Å². The number of piperidine rings is 1. The van der Waals surface area contributed by atoms with Gasteiger partial charge in [-0.1, -0.05) is 26.2 Å². The molecule has 1 aliphatic heterocycles. The minimum Gasteiger partial charge on any atom is -0.342 e. The van der Waals surface area contributed by atoms with E-state index in [-0.39, 0.29) is 0 Å².